The van der Waals surface area contributed by atoms with E-state index in [1.54, 1.807) is 30.3 Å². The third-order valence-corrected chi connectivity index (χ3v) is 4.30. The molecule has 148 valence electrons. The molecule has 2 aromatic carbocycles. The molecule has 4 aromatic rings. The largest absolute Gasteiger partial charge is 0.493 e. The predicted molar refractivity (Wildman–Crippen MR) is 102 cm³/mol. The van der Waals surface area contributed by atoms with Crippen LogP contribution in [-0.2, 0) is 0 Å². The van der Waals surface area contributed by atoms with Gasteiger partial charge >= 0.3 is 0 Å². The summed E-state index contributed by atoms with van der Waals surface area (Å²) in [5.74, 6) is 1.73. The molecule has 29 heavy (non-hydrogen) atoms. The quantitative estimate of drug-likeness (QED) is 0.527. The normalized spacial score (nSPS) is 10.8. The van der Waals surface area contributed by atoms with Gasteiger partial charge in [-0.25, -0.2) is 4.39 Å². The number of halogens is 1. The summed E-state index contributed by atoms with van der Waals surface area (Å²) < 4.78 is 34.5. The van der Waals surface area contributed by atoms with Gasteiger partial charge in [-0.1, -0.05) is 5.16 Å². The molecule has 0 radical (unpaired) electrons. The lowest BCUT2D eigenvalue weighted by atomic mass is 10.1. The number of nitrogens with one attached hydrogen (secondary N) is 1. The molecule has 0 amide bonds. The number of benzene rings is 2. The molecule has 0 unspecified atom stereocenters. The molecule has 0 aliphatic rings. The van der Waals surface area contributed by atoms with E-state index in [1.165, 1.54) is 33.5 Å². The van der Waals surface area contributed by atoms with Crippen molar-refractivity contribution in [3.8, 4) is 51.5 Å². The Labute approximate surface area is 165 Å². The number of methoxy groups -OCH3 is 3. The molecule has 2 heterocycles. The average Bonchev–Trinajstić information content (AvgIpc) is 3.43. The topological polar surface area (TPSA) is 95.3 Å². The van der Waals surface area contributed by atoms with E-state index in [2.05, 4.69) is 20.3 Å². The molecule has 0 aliphatic heterocycles. The minimum absolute atomic E-state index is 0.259. The molecular formula is C20H17FN4O4. The van der Waals surface area contributed by atoms with Crippen LogP contribution in [0.5, 0.6) is 17.2 Å². The number of hydrogen-bond donors (Lipinski definition) is 1. The number of nitrogens with zero attached hydrogens (tertiary/aromatic N) is 3. The molecule has 8 nitrogen and oxygen atoms in total. The highest BCUT2D eigenvalue weighted by molar-refractivity contribution is 5.68. The summed E-state index contributed by atoms with van der Waals surface area (Å²) in [7, 11) is 4.60. The van der Waals surface area contributed by atoms with E-state index in [0.717, 1.165) is 5.56 Å². The van der Waals surface area contributed by atoms with Crippen molar-refractivity contribution in [2.45, 2.75) is 0 Å². The third-order valence-electron chi connectivity index (χ3n) is 4.30. The van der Waals surface area contributed by atoms with Crippen molar-refractivity contribution in [3.63, 3.8) is 0 Å². The molecule has 0 bridgehead atoms. The summed E-state index contributed by atoms with van der Waals surface area (Å²) in [4.78, 5) is 4.42. The first-order valence-electron chi connectivity index (χ1n) is 8.58. The van der Waals surface area contributed by atoms with Gasteiger partial charge in [-0.3, -0.25) is 5.10 Å². The van der Waals surface area contributed by atoms with Crippen LogP contribution in [0.4, 0.5) is 4.39 Å². The molecule has 0 fully saturated rings. The molecule has 0 spiro atoms. The minimum atomic E-state index is -0.309. The number of H-pyrrole nitrogens is 1. The Morgan fingerprint density at radius 2 is 1.59 bits per heavy atom. The monoisotopic (exact) mass is 396 g/mol. The summed E-state index contributed by atoms with van der Waals surface area (Å²) in [6, 6.07) is 11.2. The molecular weight excluding hydrogens is 379 g/mol. The zero-order valence-electron chi connectivity index (χ0n) is 15.9. The van der Waals surface area contributed by atoms with Crippen LogP contribution in [0.2, 0.25) is 0 Å². The highest BCUT2D eigenvalue weighted by Gasteiger charge is 2.19. The van der Waals surface area contributed by atoms with Crippen molar-refractivity contribution >= 4 is 0 Å². The fraction of sp³-hybridized carbons (Fsp3) is 0.150. The Hall–Kier alpha value is -3.88. The van der Waals surface area contributed by atoms with Crippen LogP contribution >= 0.6 is 0 Å². The van der Waals surface area contributed by atoms with Crippen LogP contribution in [0.15, 0.2) is 47.0 Å². The van der Waals surface area contributed by atoms with E-state index in [4.69, 9.17) is 18.7 Å². The smallest absolute Gasteiger partial charge is 0.276 e. The molecule has 0 aliphatic carbocycles. The van der Waals surface area contributed by atoms with Gasteiger partial charge in [-0.15, -0.1) is 0 Å². The lowest BCUT2D eigenvalue weighted by Gasteiger charge is -2.12. The summed E-state index contributed by atoms with van der Waals surface area (Å²) in [5, 5.41) is 11.1. The van der Waals surface area contributed by atoms with Crippen LogP contribution in [-0.4, -0.2) is 41.7 Å². The van der Waals surface area contributed by atoms with Gasteiger partial charge < -0.3 is 18.7 Å². The van der Waals surface area contributed by atoms with Crippen molar-refractivity contribution in [2.24, 2.45) is 0 Å². The minimum Gasteiger partial charge on any atom is -0.493 e. The van der Waals surface area contributed by atoms with Gasteiger partial charge in [0.1, 0.15) is 11.5 Å². The van der Waals surface area contributed by atoms with Crippen molar-refractivity contribution in [1.29, 1.82) is 0 Å². The number of rotatable bonds is 6. The Kier molecular flexibility index (Phi) is 4.86. The summed E-state index contributed by atoms with van der Waals surface area (Å²) >= 11 is 0. The highest BCUT2D eigenvalue weighted by atomic mass is 19.1. The Morgan fingerprint density at radius 1 is 0.897 bits per heavy atom. The van der Waals surface area contributed by atoms with Gasteiger partial charge in [-0.2, -0.15) is 10.1 Å². The van der Waals surface area contributed by atoms with Crippen LogP contribution in [0.25, 0.3) is 34.2 Å². The van der Waals surface area contributed by atoms with Gasteiger partial charge in [-0.05, 0) is 42.5 Å². The Balaban J connectivity index is 1.66. The van der Waals surface area contributed by atoms with E-state index in [0.29, 0.717) is 40.0 Å². The van der Waals surface area contributed by atoms with E-state index in [1.807, 2.05) is 0 Å². The Bertz CT molecular complexity index is 1110. The molecule has 1 N–H and O–H groups in total. The van der Waals surface area contributed by atoms with Gasteiger partial charge in [0.05, 0.1) is 27.0 Å². The molecule has 9 heteroatoms. The summed E-state index contributed by atoms with van der Waals surface area (Å²) in [6.45, 7) is 0. The first-order chi connectivity index (χ1) is 14.1. The van der Waals surface area contributed by atoms with E-state index in [9.17, 15) is 4.39 Å². The SMILES string of the molecule is COc1cc(-c2noc(-c3cc(-c4ccc(F)cc4)n[nH]3)n2)cc(OC)c1OC. The fourth-order valence-electron chi connectivity index (χ4n) is 2.86. The second-order valence-electron chi connectivity index (χ2n) is 6.01. The second-order valence-corrected chi connectivity index (χ2v) is 6.01. The van der Waals surface area contributed by atoms with E-state index < -0.39 is 0 Å². The Morgan fingerprint density at radius 3 is 2.21 bits per heavy atom. The van der Waals surface area contributed by atoms with Gasteiger partial charge in [0, 0.05) is 11.1 Å². The highest BCUT2D eigenvalue weighted by Crippen LogP contribution is 2.40. The van der Waals surface area contributed by atoms with Crippen LogP contribution in [0.3, 0.4) is 0 Å². The van der Waals surface area contributed by atoms with Crippen molar-refractivity contribution in [1.82, 2.24) is 20.3 Å². The van der Waals surface area contributed by atoms with E-state index in [-0.39, 0.29) is 11.7 Å². The zero-order valence-corrected chi connectivity index (χ0v) is 15.9. The summed E-state index contributed by atoms with van der Waals surface area (Å²) in [5.41, 5.74) is 2.56. The maximum Gasteiger partial charge on any atom is 0.276 e. The molecule has 2 aromatic heterocycles. The number of ether oxygens (including phenoxy) is 3. The maximum absolute atomic E-state index is 13.1. The van der Waals surface area contributed by atoms with Gasteiger partial charge in [0.25, 0.3) is 5.89 Å². The number of hydrogen-bond acceptors (Lipinski definition) is 7. The van der Waals surface area contributed by atoms with Gasteiger partial charge in [0.15, 0.2) is 11.5 Å². The van der Waals surface area contributed by atoms with Crippen molar-refractivity contribution < 1.29 is 23.1 Å². The van der Waals surface area contributed by atoms with Crippen molar-refractivity contribution in [3.05, 3.63) is 48.3 Å². The fourth-order valence-corrected chi connectivity index (χ4v) is 2.86. The lowest BCUT2D eigenvalue weighted by molar-refractivity contribution is 0.324. The first-order valence-corrected chi connectivity index (χ1v) is 8.58. The molecule has 0 saturated heterocycles. The standard InChI is InChI=1S/C20H17FN4O4/c1-26-16-8-12(9-17(27-2)18(16)28-3)19-22-20(29-25-19)15-10-14(23-24-15)11-4-6-13(21)7-5-11/h4-10H,1-3H3,(H,23,24). The van der Waals surface area contributed by atoms with Crippen LogP contribution < -0.4 is 14.2 Å². The average molecular weight is 396 g/mol. The predicted octanol–water partition coefficient (Wildman–Crippen LogP) is 3.96. The molecule has 0 saturated carbocycles. The summed E-state index contributed by atoms with van der Waals surface area (Å²) in [6.07, 6.45) is 0. The maximum atomic E-state index is 13.1. The zero-order chi connectivity index (χ0) is 20.4. The van der Waals surface area contributed by atoms with E-state index >= 15 is 0 Å². The number of aromatic nitrogens is 4. The van der Waals surface area contributed by atoms with Crippen LogP contribution in [0.1, 0.15) is 0 Å². The number of aromatic amines is 1. The third kappa shape index (κ3) is 3.49. The van der Waals surface area contributed by atoms with Crippen LogP contribution in [0, 0.1) is 5.82 Å². The first kappa shape index (κ1) is 18.5. The molecule has 0 atom stereocenters. The van der Waals surface area contributed by atoms with Gasteiger partial charge in [0.2, 0.25) is 11.6 Å². The second kappa shape index (κ2) is 7.63. The lowest BCUT2D eigenvalue weighted by Crippen LogP contribution is -1.96. The van der Waals surface area contributed by atoms with Crippen molar-refractivity contribution in [2.75, 3.05) is 21.3 Å². The molecule has 4 rings (SSSR count).